The minimum Gasteiger partial charge on any atom is -0.310 e. The number of benzene rings is 3. The summed E-state index contributed by atoms with van der Waals surface area (Å²) in [6, 6.07) is 25.9. The lowest BCUT2D eigenvalue weighted by Gasteiger charge is -2.25. The van der Waals surface area contributed by atoms with Crippen molar-refractivity contribution in [1.82, 2.24) is 9.78 Å². The van der Waals surface area contributed by atoms with Gasteiger partial charge in [0, 0.05) is 28.5 Å². The van der Waals surface area contributed by atoms with Crippen LogP contribution in [0.3, 0.4) is 0 Å². The SMILES string of the molecule is Cc1ccc(C2CC(=O)Nc3c2c(-c2ccc(Cl)cc2)nn3-c2ccccc2)cc1. The normalized spacial score (nSPS) is 15.5. The van der Waals surface area contributed by atoms with Gasteiger partial charge in [-0.1, -0.05) is 71.8 Å². The Morgan fingerprint density at radius 2 is 1.67 bits per heavy atom. The maximum Gasteiger partial charge on any atom is 0.226 e. The third-order valence-corrected chi connectivity index (χ3v) is 5.77. The Hall–Kier alpha value is -3.37. The fourth-order valence-electron chi connectivity index (χ4n) is 4.01. The molecule has 1 aliphatic heterocycles. The highest BCUT2D eigenvalue weighted by molar-refractivity contribution is 6.30. The molecule has 1 amide bonds. The van der Waals surface area contributed by atoms with Crippen LogP contribution < -0.4 is 5.32 Å². The Bertz CT molecular complexity index is 1210. The van der Waals surface area contributed by atoms with Crippen molar-refractivity contribution in [3.05, 3.63) is 101 Å². The predicted molar refractivity (Wildman–Crippen MR) is 120 cm³/mol. The molecule has 1 aliphatic rings. The average Bonchev–Trinajstić information content (AvgIpc) is 3.14. The van der Waals surface area contributed by atoms with Gasteiger partial charge in [-0.25, -0.2) is 4.68 Å². The average molecular weight is 414 g/mol. The zero-order valence-electron chi connectivity index (χ0n) is 16.5. The van der Waals surface area contributed by atoms with Gasteiger partial charge >= 0.3 is 0 Å². The molecule has 0 saturated carbocycles. The second kappa shape index (κ2) is 7.47. The number of rotatable bonds is 3. The molecule has 5 heteroatoms. The van der Waals surface area contributed by atoms with E-state index < -0.39 is 0 Å². The summed E-state index contributed by atoms with van der Waals surface area (Å²) in [6.07, 6.45) is 0.386. The second-order valence-corrected chi connectivity index (χ2v) is 8.02. The highest BCUT2D eigenvalue weighted by Crippen LogP contribution is 2.44. The van der Waals surface area contributed by atoms with E-state index in [0.29, 0.717) is 11.4 Å². The molecule has 148 valence electrons. The molecule has 30 heavy (non-hydrogen) atoms. The van der Waals surface area contributed by atoms with Gasteiger partial charge in [-0.3, -0.25) is 4.79 Å². The van der Waals surface area contributed by atoms with E-state index in [2.05, 4.69) is 36.5 Å². The number of nitrogens with zero attached hydrogens (tertiary/aromatic N) is 2. The molecule has 0 radical (unpaired) electrons. The van der Waals surface area contributed by atoms with Gasteiger partial charge in [-0.05, 0) is 36.8 Å². The second-order valence-electron chi connectivity index (χ2n) is 7.58. The minimum atomic E-state index is -0.0718. The van der Waals surface area contributed by atoms with Gasteiger partial charge < -0.3 is 5.32 Å². The molecule has 5 rings (SSSR count). The molecule has 1 atom stereocenters. The summed E-state index contributed by atoms with van der Waals surface area (Å²) in [4.78, 5) is 12.7. The molecule has 1 N–H and O–H groups in total. The number of anilines is 1. The summed E-state index contributed by atoms with van der Waals surface area (Å²) in [7, 11) is 0. The number of amides is 1. The third kappa shape index (κ3) is 3.29. The lowest BCUT2D eigenvalue weighted by molar-refractivity contribution is -0.116. The van der Waals surface area contributed by atoms with E-state index in [4.69, 9.17) is 16.7 Å². The van der Waals surface area contributed by atoms with E-state index in [1.54, 1.807) is 0 Å². The predicted octanol–water partition coefficient (Wildman–Crippen LogP) is 5.98. The molecule has 4 nitrogen and oxygen atoms in total. The zero-order chi connectivity index (χ0) is 20.7. The monoisotopic (exact) mass is 413 g/mol. The van der Waals surface area contributed by atoms with Crippen molar-refractivity contribution in [2.45, 2.75) is 19.3 Å². The van der Waals surface area contributed by atoms with Gasteiger partial charge in [0.15, 0.2) is 0 Å². The highest BCUT2D eigenvalue weighted by Gasteiger charge is 2.34. The van der Waals surface area contributed by atoms with E-state index in [1.165, 1.54) is 5.56 Å². The number of hydrogen-bond donors (Lipinski definition) is 1. The molecule has 1 unspecified atom stereocenters. The van der Waals surface area contributed by atoms with Gasteiger partial charge in [-0.15, -0.1) is 0 Å². The van der Waals surface area contributed by atoms with Crippen molar-refractivity contribution >= 4 is 23.3 Å². The van der Waals surface area contributed by atoms with Crippen LogP contribution in [0.4, 0.5) is 5.82 Å². The lowest BCUT2D eigenvalue weighted by atomic mass is 9.84. The van der Waals surface area contributed by atoms with Crippen LogP contribution in [-0.4, -0.2) is 15.7 Å². The molecular weight excluding hydrogens is 394 g/mol. The molecule has 3 aromatic carbocycles. The van der Waals surface area contributed by atoms with Gasteiger partial charge in [0.1, 0.15) is 5.82 Å². The molecular formula is C25H20ClN3O. The summed E-state index contributed by atoms with van der Waals surface area (Å²) >= 11 is 6.12. The quantitative estimate of drug-likeness (QED) is 0.449. The van der Waals surface area contributed by atoms with Crippen LogP contribution in [0.2, 0.25) is 5.02 Å². The number of halogens is 1. The zero-order valence-corrected chi connectivity index (χ0v) is 17.2. The van der Waals surface area contributed by atoms with Crippen molar-refractivity contribution in [1.29, 1.82) is 0 Å². The number of aryl methyl sites for hydroxylation is 1. The topological polar surface area (TPSA) is 46.9 Å². The fraction of sp³-hybridized carbons (Fsp3) is 0.120. The Morgan fingerprint density at radius 1 is 0.967 bits per heavy atom. The summed E-state index contributed by atoms with van der Waals surface area (Å²) in [5.41, 5.74) is 6.06. The van der Waals surface area contributed by atoms with Crippen molar-refractivity contribution in [2.75, 3.05) is 5.32 Å². The first kappa shape index (κ1) is 18.6. The Kier molecular flexibility index (Phi) is 4.64. The number of nitrogens with one attached hydrogen (secondary N) is 1. The van der Waals surface area contributed by atoms with E-state index >= 15 is 0 Å². The van der Waals surface area contributed by atoms with E-state index in [1.807, 2.05) is 59.3 Å². The van der Waals surface area contributed by atoms with E-state index in [9.17, 15) is 4.79 Å². The van der Waals surface area contributed by atoms with Crippen molar-refractivity contribution in [3.8, 4) is 16.9 Å². The summed E-state index contributed by atoms with van der Waals surface area (Å²) in [5.74, 6) is 0.651. The van der Waals surface area contributed by atoms with Crippen LogP contribution >= 0.6 is 11.6 Å². The largest absolute Gasteiger partial charge is 0.310 e. The summed E-state index contributed by atoms with van der Waals surface area (Å²) in [6.45, 7) is 2.06. The molecule has 0 saturated heterocycles. The van der Waals surface area contributed by atoms with E-state index in [-0.39, 0.29) is 11.8 Å². The first-order valence-electron chi connectivity index (χ1n) is 9.91. The van der Waals surface area contributed by atoms with E-state index in [0.717, 1.165) is 33.9 Å². The Morgan fingerprint density at radius 3 is 2.37 bits per heavy atom. The maximum absolute atomic E-state index is 12.7. The fourth-order valence-corrected chi connectivity index (χ4v) is 4.14. The molecule has 0 fully saturated rings. The van der Waals surface area contributed by atoms with Crippen molar-refractivity contribution in [2.24, 2.45) is 0 Å². The Labute approximate surface area is 180 Å². The van der Waals surface area contributed by atoms with Crippen LogP contribution in [0.25, 0.3) is 16.9 Å². The number of aromatic nitrogens is 2. The summed E-state index contributed by atoms with van der Waals surface area (Å²) in [5, 5.41) is 8.70. The van der Waals surface area contributed by atoms with Crippen LogP contribution in [-0.2, 0) is 4.79 Å². The van der Waals surface area contributed by atoms with Gasteiger partial charge in [-0.2, -0.15) is 5.10 Å². The van der Waals surface area contributed by atoms with Crippen molar-refractivity contribution < 1.29 is 4.79 Å². The first-order chi connectivity index (χ1) is 14.6. The summed E-state index contributed by atoms with van der Waals surface area (Å²) < 4.78 is 1.83. The first-order valence-corrected chi connectivity index (χ1v) is 10.3. The van der Waals surface area contributed by atoms with Crippen LogP contribution in [0.15, 0.2) is 78.9 Å². The van der Waals surface area contributed by atoms with Crippen LogP contribution in [0, 0.1) is 6.92 Å². The molecule has 0 spiro atoms. The smallest absolute Gasteiger partial charge is 0.226 e. The Balaban J connectivity index is 1.76. The van der Waals surface area contributed by atoms with Gasteiger partial charge in [0.25, 0.3) is 0 Å². The minimum absolute atomic E-state index is 0.00666. The number of fused-ring (bicyclic) bond motifs is 1. The third-order valence-electron chi connectivity index (χ3n) is 5.52. The molecule has 4 aromatic rings. The van der Waals surface area contributed by atoms with Crippen molar-refractivity contribution in [3.63, 3.8) is 0 Å². The number of carbonyl (C=O) groups excluding carboxylic acids is 1. The highest BCUT2D eigenvalue weighted by atomic mass is 35.5. The number of para-hydroxylation sites is 1. The van der Waals surface area contributed by atoms with Gasteiger partial charge in [0.2, 0.25) is 5.91 Å². The van der Waals surface area contributed by atoms with Gasteiger partial charge in [0.05, 0.1) is 11.4 Å². The van der Waals surface area contributed by atoms with Crippen LogP contribution in [0.1, 0.15) is 29.0 Å². The molecule has 0 aliphatic carbocycles. The number of carbonyl (C=O) groups is 1. The molecule has 1 aromatic heterocycles. The number of hydrogen-bond acceptors (Lipinski definition) is 2. The standard InChI is InChI=1S/C25H20ClN3O/c1-16-7-9-17(10-8-16)21-15-22(30)27-25-23(21)24(18-11-13-19(26)14-12-18)28-29(25)20-5-3-2-4-6-20/h2-14,21H,15H2,1H3,(H,27,30). The molecule has 0 bridgehead atoms. The maximum atomic E-state index is 12.7. The molecule has 2 heterocycles. The van der Waals surface area contributed by atoms with Crippen LogP contribution in [0.5, 0.6) is 0 Å². The lowest BCUT2D eigenvalue weighted by Crippen LogP contribution is -2.24.